The first-order chi connectivity index (χ1) is 9.46. The zero-order valence-electron chi connectivity index (χ0n) is 12.2. The number of hydrogen-bond acceptors (Lipinski definition) is 5. The van der Waals surface area contributed by atoms with Gasteiger partial charge in [-0.05, 0) is 24.9 Å². The van der Waals surface area contributed by atoms with E-state index in [0.717, 1.165) is 0 Å². The minimum absolute atomic E-state index is 0.126. The van der Waals surface area contributed by atoms with E-state index in [0.29, 0.717) is 25.1 Å². The van der Waals surface area contributed by atoms with Crippen LogP contribution in [-0.2, 0) is 14.3 Å². The van der Waals surface area contributed by atoms with Crippen LogP contribution < -0.4 is 11.1 Å². The van der Waals surface area contributed by atoms with Gasteiger partial charge in [-0.15, -0.1) is 0 Å². The summed E-state index contributed by atoms with van der Waals surface area (Å²) < 4.78 is 4.57. The Morgan fingerprint density at radius 2 is 2.05 bits per heavy atom. The van der Waals surface area contributed by atoms with Crippen molar-refractivity contribution in [2.24, 2.45) is 5.73 Å². The molecule has 3 N–H and O–H groups in total. The van der Waals surface area contributed by atoms with E-state index in [4.69, 9.17) is 5.73 Å². The Bertz CT molecular complexity index is 335. The maximum Gasteiger partial charge on any atom is 0.325 e. The molecule has 0 fully saturated rings. The zero-order valence-corrected chi connectivity index (χ0v) is 13.0. The van der Waals surface area contributed by atoms with Crippen molar-refractivity contribution in [3.63, 3.8) is 0 Å². The highest BCUT2D eigenvalue weighted by Gasteiger charge is 2.26. The maximum atomic E-state index is 12.4. The Morgan fingerprint density at radius 1 is 1.40 bits per heavy atom. The van der Waals surface area contributed by atoms with Gasteiger partial charge in [0.15, 0.2) is 0 Å². The van der Waals surface area contributed by atoms with Gasteiger partial charge in [0.25, 0.3) is 0 Å². The summed E-state index contributed by atoms with van der Waals surface area (Å²) in [7, 11) is 1.27. The number of primary amides is 1. The molecule has 0 aliphatic carbocycles. The number of hydrogen-bond donors (Lipinski definition) is 2. The van der Waals surface area contributed by atoms with Gasteiger partial charge in [-0.2, -0.15) is 11.8 Å². The van der Waals surface area contributed by atoms with Crippen LogP contribution in [0.5, 0.6) is 0 Å². The molecular formula is C12H23N3O4S. The molecule has 0 saturated carbocycles. The first kappa shape index (κ1) is 18.6. The second-order valence-corrected chi connectivity index (χ2v) is 5.16. The average Bonchev–Trinajstić information content (AvgIpc) is 2.41. The molecule has 0 aromatic carbocycles. The minimum Gasteiger partial charge on any atom is -0.468 e. The first-order valence-electron chi connectivity index (χ1n) is 6.36. The van der Waals surface area contributed by atoms with Gasteiger partial charge in [-0.25, -0.2) is 4.79 Å². The number of methoxy groups -OCH3 is 1. The highest BCUT2D eigenvalue weighted by Crippen LogP contribution is 2.06. The summed E-state index contributed by atoms with van der Waals surface area (Å²) in [6.45, 7) is 2.19. The predicted octanol–water partition coefficient (Wildman–Crippen LogP) is 0.188. The minimum atomic E-state index is -0.751. The fourth-order valence-electron chi connectivity index (χ4n) is 1.64. The van der Waals surface area contributed by atoms with Crippen LogP contribution in [0.25, 0.3) is 0 Å². The number of nitrogens with zero attached hydrogens (tertiary/aromatic N) is 1. The van der Waals surface area contributed by atoms with E-state index in [1.807, 2.05) is 13.2 Å². The van der Waals surface area contributed by atoms with Gasteiger partial charge in [0.2, 0.25) is 5.91 Å². The van der Waals surface area contributed by atoms with Crippen molar-refractivity contribution in [2.45, 2.75) is 25.8 Å². The zero-order chi connectivity index (χ0) is 15.5. The second-order valence-electron chi connectivity index (χ2n) is 4.18. The summed E-state index contributed by atoms with van der Waals surface area (Å²) in [4.78, 5) is 36.1. The molecule has 3 amide bonds. The third-order valence-corrected chi connectivity index (χ3v) is 3.22. The molecule has 0 aliphatic heterocycles. The molecule has 0 saturated heterocycles. The number of thioether (sulfide) groups is 1. The van der Waals surface area contributed by atoms with E-state index in [-0.39, 0.29) is 12.5 Å². The Morgan fingerprint density at radius 3 is 2.50 bits per heavy atom. The van der Waals surface area contributed by atoms with Gasteiger partial charge >= 0.3 is 12.0 Å². The maximum absolute atomic E-state index is 12.4. The number of esters is 1. The Labute approximate surface area is 123 Å². The van der Waals surface area contributed by atoms with E-state index in [9.17, 15) is 14.4 Å². The Balaban J connectivity index is 4.82. The Kier molecular flexibility index (Phi) is 9.61. The quantitative estimate of drug-likeness (QED) is 0.592. The fourth-order valence-corrected chi connectivity index (χ4v) is 2.11. The van der Waals surface area contributed by atoms with Crippen LogP contribution in [0.1, 0.15) is 19.8 Å². The molecule has 1 atom stereocenters. The number of nitrogens with one attached hydrogen (secondary N) is 1. The summed E-state index contributed by atoms with van der Waals surface area (Å²) in [5.74, 6) is -0.103. The van der Waals surface area contributed by atoms with Crippen LogP contribution >= 0.6 is 11.8 Å². The topological polar surface area (TPSA) is 102 Å². The summed E-state index contributed by atoms with van der Waals surface area (Å²) in [5, 5.41) is 2.43. The summed E-state index contributed by atoms with van der Waals surface area (Å²) in [6.07, 6.45) is 3.07. The molecular weight excluding hydrogens is 282 g/mol. The van der Waals surface area contributed by atoms with Crippen LogP contribution in [0.2, 0.25) is 0 Å². The van der Waals surface area contributed by atoms with Gasteiger partial charge in [0.1, 0.15) is 12.6 Å². The SMILES string of the molecule is CCCN(CC(=O)OC)C(=O)C(CCSC)NC(N)=O. The number of urea groups is 1. The van der Waals surface area contributed by atoms with E-state index >= 15 is 0 Å². The number of carbonyl (C=O) groups is 3. The summed E-state index contributed by atoms with van der Waals surface area (Å²) >= 11 is 1.56. The van der Waals surface area contributed by atoms with Crippen LogP contribution in [0.15, 0.2) is 0 Å². The molecule has 8 heteroatoms. The van der Waals surface area contributed by atoms with Crippen LogP contribution in [0.3, 0.4) is 0 Å². The van der Waals surface area contributed by atoms with Gasteiger partial charge in [0.05, 0.1) is 7.11 Å². The highest BCUT2D eigenvalue weighted by atomic mass is 32.2. The smallest absolute Gasteiger partial charge is 0.325 e. The summed E-state index contributed by atoms with van der Waals surface area (Å²) in [6, 6.07) is -1.46. The van der Waals surface area contributed by atoms with E-state index in [1.165, 1.54) is 12.0 Å². The normalized spacial score (nSPS) is 11.6. The second kappa shape index (κ2) is 10.4. The predicted molar refractivity (Wildman–Crippen MR) is 78.4 cm³/mol. The monoisotopic (exact) mass is 305 g/mol. The molecule has 0 aliphatic rings. The van der Waals surface area contributed by atoms with E-state index < -0.39 is 18.0 Å². The van der Waals surface area contributed by atoms with Crippen LogP contribution in [0, 0.1) is 0 Å². The molecule has 0 spiro atoms. The van der Waals surface area contributed by atoms with Gasteiger partial charge in [-0.1, -0.05) is 6.92 Å². The van der Waals surface area contributed by atoms with Crippen LogP contribution in [0.4, 0.5) is 4.79 Å². The van der Waals surface area contributed by atoms with Crippen molar-refractivity contribution in [3.05, 3.63) is 0 Å². The number of carbonyl (C=O) groups excluding carboxylic acids is 3. The lowest BCUT2D eigenvalue weighted by atomic mass is 10.2. The van der Waals surface area contributed by atoms with Crippen molar-refractivity contribution in [3.8, 4) is 0 Å². The number of nitrogens with two attached hydrogens (primary N) is 1. The molecule has 1 unspecified atom stereocenters. The molecule has 116 valence electrons. The Hall–Kier alpha value is -1.44. The molecule has 0 rings (SSSR count). The van der Waals surface area contributed by atoms with Gasteiger partial charge < -0.3 is 20.7 Å². The number of rotatable bonds is 9. The third-order valence-electron chi connectivity index (χ3n) is 2.58. The van der Waals surface area contributed by atoms with Crippen LogP contribution in [-0.4, -0.2) is 61.1 Å². The number of ether oxygens (including phenoxy) is 1. The van der Waals surface area contributed by atoms with Gasteiger partial charge in [0, 0.05) is 6.54 Å². The van der Waals surface area contributed by atoms with E-state index in [1.54, 1.807) is 11.8 Å². The largest absolute Gasteiger partial charge is 0.468 e. The third kappa shape index (κ3) is 7.22. The lowest BCUT2D eigenvalue weighted by Crippen LogP contribution is -2.51. The average molecular weight is 305 g/mol. The lowest BCUT2D eigenvalue weighted by molar-refractivity contribution is -0.147. The van der Waals surface area contributed by atoms with Crippen molar-refractivity contribution in [1.29, 1.82) is 0 Å². The molecule has 7 nitrogen and oxygen atoms in total. The standard InChI is InChI=1S/C12H23N3O4S/c1-4-6-15(8-10(16)19-2)11(17)9(5-7-20-3)14-12(13)18/h9H,4-8H2,1-3H3,(H3,13,14,18). The van der Waals surface area contributed by atoms with Crippen molar-refractivity contribution >= 4 is 29.7 Å². The molecule has 0 heterocycles. The summed E-state index contributed by atoms with van der Waals surface area (Å²) in [5.41, 5.74) is 5.09. The van der Waals surface area contributed by atoms with Crippen molar-refractivity contribution in [2.75, 3.05) is 32.2 Å². The molecule has 0 bridgehead atoms. The first-order valence-corrected chi connectivity index (χ1v) is 7.76. The number of amides is 3. The van der Waals surface area contributed by atoms with Crippen molar-refractivity contribution in [1.82, 2.24) is 10.2 Å². The molecule has 0 radical (unpaired) electrons. The molecule has 20 heavy (non-hydrogen) atoms. The molecule has 0 aromatic rings. The van der Waals surface area contributed by atoms with Crippen molar-refractivity contribution < 1.29 is 19.1 Å². The highest BCUT2D eigenvalue weighted by molar-refractivity contribution is 7.98. The fraction of sp³-hybridized carbons (Fsp3) is 0.750. The van der Waals surface area contributed by atoms with E-state index in [2.05, 4.69) is 10.1 Å². The lowest BCUT2D eigenvalue weighted by Gasteiger charge is -2.26. The molecule has 0 aromatic heterocycles. The van der Waals surface area contributed by atoms with Gasteiger partial charge in [-0.3, -0.25) is 9.59 Å².